The Kier molecular flexibility index (Phi) is 5.42. The number of aryl methyl sites for hydroxylation is 2. The normalized spacial score (nSPS) is 21.2. The number of rotatable bonds is 2. The van der Waals surface area contributed by atoms with Gasteiger partial charge in [0.15, 0.2) is 0 Å². The molecule has 2 aromatic rings. The minimum Gasteiger partial charge on any atom is -0.334 e. The highest BCUT2D eigenvalue weighted by molar-refractivity contribution is 7.98. The van der Waals surface area contributed by atoms with Crippen molar-refractivity contribution in [2.75, 3.05) is 18.4 Å². The van der Waals surface area contributed by atoms with Crippen LogP contribution in [0.2, 0.25) is 0 Å². The van der Waals surface area contributed by atoms with E-state index in [1.54, 1.807) is 21.3 Å². The van der Waals surface area contributed by atoms with Crippen LogP contribution in [0, 0.1) is 25.7 Å². The largest absolute Gasteiger partial charge is 0.334 e. The van der Waals surface area contributed by atoms with Crippen molar-refractivity contribution in [2.45, 2.75) is 45.6 Å². The lowest BCUT2D eigenvalue weighted by molar-refractivity contribution is -0.145. The highest BCUT2D eigenvalue weighted by Gasteiger charge is 2.32. The number of nitrogens with zero attached hydrogens (tertiary/aromatic N) is 3. The van der Waals surface area contributed by atoms with Crippen LogP contribution in [0.3, 0.4) is 0 Å². The number of hydrogen-bond donors (Lipinski definition) is 1. The molecule has 1 aromatic heterocycles. The van der Waals surface area contributed by atoms with Gasteiger partial charge in [-0.3, -0.25) is 9.59 Å². The number of amides is 2. The molecular weight excluding hydrogens is 384 g/mol. The molecule has 1 fully saturated rings. The fourth-order valence-electron chi connectivity index (χ4n) is 4.49. The van der Waals surface area contributed by atoms with Crippen LogP contribution in [0.1, 0.15) is 42.7 Å². The smallest absolute Gasteiger partial charge is 0.315 e. The average Bonchev–Trinajstić information content (AvgIpc) is 3.23. The molecule has 6 nitrogen and oxygen atoms in total. The molecule has 1 aromatic carbocycles. The first-order chi connectivity index (χ1) is 13.8. The number of likely N-dealkylation sites (tertiary alicyclic amines) is 1. The molecular formula is C22H28N4O2S. The number of benzene rings is 1. The Bertz CT molecular complexity index is 958. The summed E-state index contributed by atoms with van der Waals surface area (Å²) in [4.78, 5) is 27.4. The third-order valence-electron chi connectivity index (χ3n) is 5.71. The SMILES string of the molecule is Cc1ccc(-n2nc3c(c2NC(=O)C(=O)N2C[C@H](C)C[C@H](C)C2)CSC3)c(C)c1. The Hall–Kier alpha value is -2.28. The van der Waals surface area contributed by atoms with Gasteiger partial charge in [0.05, 0.1) is 11.4 Å². The van der Waals surface area contributed by atoms with Crippen molar-refractivity contribution in [1.29, 1.82) is 0 Å². The predicted molar refractivity (Wildman–Crippen MR) is 116 cm³/mol. The van der Waals surface area contributed by atoms with Crippen molar-refractivity contribution < 1.29 is 9.59 Å². The Labute approximate surface area is 176 Å². The van der Waals surface area contributed by atoms with Gasteiger partial charge in [-0.1, -0.05) is 31.5 Å². The van der Waals surface area contributed by atoms with E-state index in [2.05, 4.69) is 32.2 Å². The molecule has 0 aliphatic carbocycles. The van der Waals surface area contributed by atoms with Crippen LogP contribution in [0.15, 0.2) is 18.2 Å². The van der Waals surface area contributed by atoms with Crippen LogP contribution in [0.25, 0.3) is 5.69 Å². The van der Waals surface area contributed by atoms with Crippen molar-refractivity contribution in [3.8, 4) is 5.69 Å². The minimum absolute atomic E-state index is 0.414. The quantitative estimate of drug-likeness (QED) is 0.764. The fourth-order valence-corrected chi connectivity index (χ4v) is 5.53. The van der Waals surface area contributed by atoms with Gasteiger partial charge in [-0.05, 0) is 43.7 Å². The maximum Gasteiger partial charge on any atom is 0.315 e. The molecule has 3 heterocycles. The van der Waals surface area contributed by atoms with E-state index in [0.29, 0.717) is 30.7 Å². The van der Waals surface area contributed by atoms with E-state index in [9.17, 15) is 9.59 Å². The van der Waals surface area contributed by atoms with Gasteiger partial charge >= 0.3 is 11.8 Å². The summed E-state index contributed by atoms with van der Waals surface area (Å²) >= 11 is 1.78. The highest BCUT2D eigenvalue weighted by Crippen LogP contribution is 2.36. The van der Waals surface area contributed by atoms with Crippen LogP contribution in [-0.4, -0.2) is 39.6 Å². The summed E-state index contributed by atoms with van der Waals surface area (Å²) in [6.07, 6.45) is 1.09. The van der Waals surface area contributed by atoms with Gasteiger partial charge in [0.25, 0.3) is 0 Å². The third-order valence-corrected chi connectivity index (χ3v) is 6.68. The zero-order valence-corrected chi connectivity index (χ0v) is 18.3. The zero-order valence-electron chi connectivity index (χ0n) is 17.5. The lowest BCUT2D eigenvalue weighted by atomic mass is 9.92. The van der Waals surface area contributed by atoms with E-state index in [-0.39, 0.29) is 0 Å². The molecule has 7 heteroatoms. The summed E-state index contributed by atoms with van der Waals surface area (Å²) in [5, 5.41) is 7.67. The molecule has 154 valence electrons. The Balaban J connectivity index is 1.63. The first-order valence-corrected chi connectivity index (χ1v) is 11.4. The topological polar surface area (TPSA) is 67.2 Å². The van der Waals surface area contributed by atoms with Gasteiger partial charge in [0.2, 0.25) is 0 Å². The zero-order chi connectivity index (χ0) is 20.7. The number of thioether (sulfide) groups is 1. The first kappa shape index (κ1) is 20.0. The lowest BCUT2D eigenvalue weighted by Crippen LogP contribution is -2.47. The van der Waals surface area contributed by atoms with Crippen molar-refractivity contribution >= 4 is 29.4 Å². The van der Waals surface area contributed by atoms with E-state index in [0.717, 1.165) is 40.4 Å². The van der Waals surface area contributed by atoms with Gasteiger partial charge in [0.1, 0.15) is 5.82 Å². The molecule has 1 N–H and O–H groups in total. The van der Waals surface area contributed by atoms with E-state index in [1.165, 1.54) is 5.56 Å². The number of aromatic nitrogens is 2. The maximum absolute atomic E-state index is 12.9. The molecule has 2 atom stereocenters. The van der Waals surface area contributed by atoms with E-state index in [4.69, 9.17) is 5.10 Å². The van der Waals surface area contributed by atoms with Crippen LogP contribution in [0.5, 0.6) is 0 Å². The molecule has 0 spiro atoms. The standard InChI is InChI=1S/C22H28N4O2S/c1-13-5-6-19(16(4)8-13)26-20(17-11-29-12-18(17)24-26)23-21(27)22(28)25-9-14(2)7-15(3)10-25/h5-6,8,14-15H,7,9-12H2,1-4H3,(H,23,27)/t14-,15+. The summed E-state index contributed by atoms with van der Waals surface area (Å²) in [7, 11) is 0. The molecule has 2 aliphatic heterocycles. The summed E-state index contributed by atoms with van der Waals surface area (Å²) in [6, 6.07) is 6.16. The maximum atomic E-state index is 12.9. The monoisotopic (exact) mass is 412 g/mol. The highest BCUT2D eigenvalue weighted by atomic mass is 32.2. The second-order valence-corrected chi connectivity index (χ2v) is 9.56. The molecule has 1 saturated heterocycles. The van der Waals surface area contributed by atoms with Crippen molar-refractivity contribution in [3.05, 3.63) is 40.6 Å². The van der Waals surface area contributed by atoms with Crippen LogP contribution < -0.4 is 5.32 Å². The molecule has 0 saturated carbocycles. The summed E-state index contributed by atoms with van der Waals surface area (Å²) in [6.45, 7) is 9.64. The third kappa shape index (κ3) is 3.92. The van der Waals surface area contributed by atoms with Gasteiger partial charge in [0, 0.05) is 30.2 Å². The van der Waals surface area contributed by atoms with Crippen molar-refractivity contribution in [3.63, 3.8) is 0 Å². The molecule has 0 radical (unpaired) electrons. The number of piperidine rings is 1. The lowest BCUT2D eigenvalue weighted by Gasteiger charge is -2.34. The van der Waals surface area contributed by atoms with Gasteiger partial charge in [-0.2, -0.15) is 16.9 Å². The van der Waals surface area contributed by atoms with Gasteiger partial charge in [-0.15, -0.1) is 0 Å². The summed E-state index contributed by atoms with van der Waals surface area (Å²) in [5.41, 5.74) is 5.20. The Morgan fingerprint density at radius 1 is 1.14 bits per heavy atom. The van der Waals surface area contributed by atoms with Crippen LogP contribution >= 0.6 is 11.8 Å². The van der Waals surface area contributed by atoms with E-state index < -0.39 is 11.8 Å². The van der Waals surface area contributed by atoms with Gasteiger partial charge in [-0.25, -0.2) is 4.68 Å². The molecule has 0 bridgehead atoms. The Morgan fingerprint density at radius 3 is 2.55 bits per heavy atom. The predicted octanol–water partition coefficient (Wildman–Crippen LogP) is 3.68. The second kappa shape index (κ2) is 7.86. The number of carbonyl (C=O) groups is 2. The van der Waals surface area contributed by atoms with Crippen LogP contribution in [-0.2, 0) is 21.1 Å². The van der Waals surface area contributed by atoms with Crippen molar-refractivity contribution in [2.24, 2.45) is 11.8 Å². The molecule has 29 heavy (non-hydrogen) atoms. The average molecular weight is 413 g/mol. The van der Waals surface area contributed by atoms with E-state index >= 15 is 0 Å². The van der Waals surface area contributed by atoms with E-state index in [1.807, 2.05) is 19.1 Å². The number of fused-ring (bicyclic) bond motifs is 1. The summed E-state index contributed by atoms with van der Waals surface area (Å²) in [5.74, 6) is 2.06. The molecule has 0 unspecified atom stereocenters. The second-order valence-electron chi connectivity index (χ2n) is 8.58. The molecule has 2 aliphatic rings. The van der Waals surface area contributed by atoms with Crippen molar-refractivity contribution in [1.82, 2.24) is 14.7 Å². The first-order valence-electron chi connectivity index (χ1n) is 10.2. The fraction of sp³-hybridized carbons (Fsp3) is 0.500. The Morgan fingerprint density at radius 2 is 1.86 bits per heavy atom. The van der Waals surface area contributed by atoms with Crippen LogP contribution in [0.4, 0.5) is 5.82 Å². The molecule has 2 amide bonds. The minimum atomic E-state index is -0.572. The number of hydrogen-bond acceptors (Lipinski definition) is 4. The van der Waals surface area contributed by atoms with Gasteiger partial charge < -0.3 is 10.2 Å². The number of anilines is 1. The summed E-state index contributed by atoms with van der Waals surface area (Å²) < 4.78 is 1.80. The molecule has 4 rings (SSSR count). The number of carbonyl (C=O) groups excluding carboxylic acids is 2. The number of nitrogens with one attached hydrogen (secondary N) is 1.